The van der Waals surface area contributed by atoms with Crippen LogP contribution in [0.25, 0.3) is 0 Å². The lowest BCUT2D eigenvalue weighted by atomic mass is 10.1. The number of unbranched alkanes of at least 4 members (excludes halogenated alkanes) is 3. The third kappa shape index (κ3) is 4.60. The molecule has 1 aromatic carbocycles. The van der Waals surface area contributed by atoms with Gasteiger partial charge in [-0.3, -0.25) is 0 Å². The maximum atomic E-state index is 12.6. The fourth-order valence-corrected chi connectivity index (χ4v) is 4.15. The molecule has 3 nitrogen and oxygen atoms in total. The molecule has 0 amide bonds. The summed E-state index contributed by atoms with van der Waals surface area (Å²) in [5.41, 5.74) is 0. The first-order valence-corrected chi connectivity index (χ1v) is 9.05. The largest absolute Gasteiger partial charge is 0.243 e. The quantitative estimate of drug-likeness (QED) is 0.645. The lowest BCUT2D eigenvalue weighted by molar-refractivity contribution is 0.326. The lowest BCUT2D eigenvalue weighted by Crippen LogP contribution is -2.38. The molecule has 1 rings (SSSR count). The summed E-state index contributed by atoms with van der Waals surface area (Å²) in [6, 6.07) is 8.77. The number of hydrogen-bond donors (Lipinski definition) is 0. The summed E-state index contributed by atoms with van der Waals surface area (Å²) >= 11 is 0. The first kappa shape index (κ1) is 17.2. The maximum Gasteiger partial charge on any atom is 0.243 e. The minimum atomic E-state index is -3.36. The van der Waals surface area contributed by atoms with Gasteiger partial charge in [0, 0.05) is 12.6 Å². The Morgan fingerprint density at radius 3 is 2.25 bits per heavy atom. The highest BCUT2D eigenvalue weighted by atomic mass is 32.2. The molecule has 0 aliphatic rings. The summed E-state index contributed by atoms with van der Waals surface area (Å²) in [6.07, 6.45) is 5.64. The Bertz CT molecular complexity index is 471. The second kappa shape index (κ2) is 8.42. The Hall–Kier alpha value is -0.870. The van der Waals surface area contributed by atoms with Crippen LogP contribution in [0.3, 0.4) is 0 Å². The number of sulfonamides is 1. The van der Waals surface area contributed by atoms with Crippen LogP contribution in [-0.2, 0) is 10.0 Å². The molecule has 0 bridgehead atoms. The van der Waals surface area contributed by atoms with E-state index in [4.69, 9.17) is 0 Å². The fourth-order valence-electron chi connectivity index (χ4n) is 2.46. The molecule has 1 unspecified atom stereocenters. The maximum absolute atomic E-state index is 12.6. The van der Waals surface area contributed by atoms with Crippen LogP contribution in [-0.4, -0.2) is 25.3 Å². The molecule has 4 heteroatoms. The second-order valence-electron chi connectivity index (χ2n) is 5.22. The van der Waals surface area contributed by atoms with Gasteiger partial charge in [-0.1, -0.05) is 57.7 Å². The van der Waals surface area contributed by atoms with Crippen molar-refractivity contribution >= 4 is 10.0 Å². The summed E-state index contributed by atoms with van der Waals surface area (Å²) in [5.74, 6) is 0. The highest BCUT2D eigenvalue weighted by Crippen LogP contribution is 2.20. The summed E-state index contributed by atoms with van der Waals surface area (Å²) in [7, 11) is -3.36. The van der Waals surface area contributed by atoms with Gasteiger partial charge < -0.3 is 0 Å². The molecule has 20 heavy (non-hydrogen) atoms. The van der Waals surface area contributed by atoms with E-state index in [0.29, 0.717) is 11.4 Å². The third-order valence-electron chi connectivity index (χ3n) is 3.63. The summed E-state index contributed by atoms with van der Waals surface area (Å²) in [6.45, 7) is 6.62. The van der Waals surface area contributed by atoms with Crippen molar-refractivity contribution in [1.29, 1.82) is 0 Å². The highest BCUT2D eigenvalue weighted by molar-refractivity contribution is 7.89. The van der Waals surface area contributed by atoms with E-state index in [2.05, 4.69) is 6.92 Å². The van der Waals surface area contributed by atoms with Crippen LogP contribution < -0.4 is 0 Å². The van der Waals surface area contributed by atoms with Gasteiger partial charge in [-0.2, -0.15) is 4.31 Å². The zero-order valence-corrected chi connectivity index (χ0v) is 13.7. The topological polar surface area (TPSA) is 37.4 Å². The molecule has 114 valence electrons. The van der Waals surface area contributed by atoms with Crippen molar-refractivity contribution in [3.8, 4) is 0 Å². The first-order chi connectivity index (χ1) is 9.54. The fraction of sp³-hybridized carbons (Fsp3) is 0.625. The smallest absolute Gasteiger partial charge is 0.207 e. The number of nitrogens with zero attached hydrogens (tertiary/aromatic N) is 1. The predicted molar refractivity (Wildman–Crippen MR) is 84.2 cm³/mol. The van der Waals surface area contributed by atoms with Gasteiger partial charge in [-0.25, -0.2) is 8.42 Å². The zero-order chi connectivity index (χ0) is 15.0. The van der Waals surface area contributed by atoms with Crippen LogP contribution >= 0.6 is 0 Å². The lowest BCUT2D eigenvalue weighted by Gasteiger charge is -2.27. The molecule has 0 spiro atoms. The van der Waals surface area contributed by atoms with E-state index in [-0.39, 0.29) is 6.04 Å². The molecule has 0 saturated heterocycles. The molecule has 0 radical (unpaired) electrons. The molecule has 0 heterocycles. The minimum absolute atomic E-state index is 0.0575. The standard InChI is InChI=1S/C16H27NO2S/c1-4-6-7-9-12-15(3)17(5-2)20(18,19)16-13-10-8-11-14-16/h8,10-11,13-15H,4-7,9,12H2,1-3H3. The van der Waals surface area contributed by atoms with Gasteiger partial charge in [0.25, 0.3) is 0 Å². The molecular weight excluding hydrogens is 270 g/mol. The van der Waals surface area contributed by atoms with E-state index < -0.39 is 10.0 Å². The van der Waals surface area contributed by atoms with E-state index in [1.165, 1.54) is 19.3 Å². The molecule has 0 fully saturated rings. The van der Waals surface area contributed by atoms with Crippen molar-refractivity contribution in [2.24, 2.45) is 0 Å². The van der Waals surface area contributed by atoms with Crippen molar-refractivity contribution in [1.82, 2.24) is 4.31 Å². The summed E-state index contributed by atoms with van der Waals surface area (Å²) < 4.78 is 26.9. The average Bonchev–Trinajstić information content (AvgIpc) is 2.45. The molecule has 1 atom stereocenters. The first-order valence-electron chi connectivity index (χ1n) is 7.60. The van der Waals surface area contributed by atoms with E-state index in [1.807, 2.05) is 19.9 Å². The monoisotopic (exact) mass is 297 g/mol. The van der Waals surface area contributed by atoms with E-state index in [1.54, 1.807) is 28.6 Å². The van der Waals surface area contributed by atoms with Crippen molar-refractivity contribution in [3.63, 3.8) is 0 Å². The third-order valence-corrected chi connectivity index (χ3v) is 5.73. The Morgan fingerprint density at radius 2 is 1.70 bits per heavy atom. The zero-order valence-electron chi connectivity index (χ0n) is 12.9. The molecular formula is C16H27NO2S. The van der Waals surface area contributed by atoms with Crippen molar-refractivity contribution in [3.05, 3.63) is 30.3 Å². The minimum Gasteiger partial charge on any atom is -0.207 e. The van der Waals surface area contributed by atoms with Gasteiger partial charge in [0.1, 0.15) is 0 Å². The van der Waals surface area contributed by atoms with Gasteiger partial charge in [0.2, 0.25) is 10.0 Å². The van der Waals surface area contributed by atoms with Gasteiger partial charge >= 0.3 is 0 Å². The van der Waals surface area contributed by atoms with Crippen LogP contribution in [0.15, 0.2) is 35.2 Å². The van der Waals surface area contributed by atoms with Crippen molar-refractivity contribution in [2.75, 3.05) is 6.54 Å². The Morgan fingerprint density at radius 1 is 1.05 bits per heavy atom. The van der Waals surface area contributed by atoms with Crippen LogP contribution in [0.5, 0.6) is 0 Å². The van der Waals surface area contributed by atoms with Gasteiger partial charge in [-0.15, -0.1) is 0 Å². The highest BCUT2D eigenvalue weighted by Gasteiger charge is 2.26. The Kier molecular flexibility index (Phi) is 7.24. The molecule has 1 aromatic rings. The molecule has 0 saturated carbocycles. The predicted octanol–water partition coefficient (Wildman–Crippen LogP) is 4.06. The van der Waals surface area contributed by atoms with Crippen molar-refractivity contribution in [2.45, 2.75) is 63.8 Å². The van der Waals surface area contributed by atoms with Crippen LogP contribution in [0.1, 0.15) is 52.9 Å². The van der Waals surface area contributed by atoms with Crippen LogP contribution in [0.2, 0.25) is 0 Å². The number of hydrogen-bond acceptors (Lipinski definition) is 2. The SMILES string of the molecule is CCCCCCC(C)N(CC)S(=O)(=O)c1ccccc1. The van der Waals surface area contributed by atoms with Gasteiger partial charge in [-0.05, 0) is 25.5 Å². The number of benzene rings is 1. The molecule has 0 aromatic heterocycles. The average molecular weight is 297 g/mol. The Labute approximate surface area is 124 Å². The van der Waals surface area contributed by atoms with Crippen LogP contribution in [0, 0.1) is 0 Å². The van der Waals surface area contributed by atoms with E-state index >= 15 is 0 Å². The molecule has 0 aliphatic heterocycles. The molecule has 0 N–H and O–H groups in total. The molecule has 0 aliphatic carbocycles. The second-order valence-corrected chi connectivity index (χ2v) is 7.11. The van der Waals surface area contributed by atoms with Crippen LogP contribution in [0.4, 0.5) is 0 Å². The summed E-state index contributed by atoms with van der Waals surface area (Å²) in [4.78, 5) is 0.391. The van der Waals surface area contributed by atoms with Gasteiger partial charge in [0.05, 0.1) is 4.90 Å². The van der Waals surface area contributed by atoms with Crippen molar-refractivity contribution < 1.29 is 8.42 Å². The normalized spacial score (nSPS) is 13.6. The number of rotatable bonds is 9. The van der Waals surface area contributed by atoms with E-state index in [9.17, 15) is 8.42 Å². The summed E-state index contributed by atoms with van der Waals surface area (Å²) in [5, 5.41) is 0. The van der Waals surface area contributed by atoms with Gasteiger partial charge in [0.15, 0.2) is 0 Å². The van der Waals surface area contributed by atoms with E-state index in [0.717, 1.165) is 12.8 Å². The Balaban J connectivity index is 2.74.